The molecular formula is C15H13N3O. The fraction of sp³-hybridized carbons (Fsp3) is 0.200. The number of H-pyrrole nitrogens is 1. The first-order valence-corrected chi connectivity index (χ1v) is 6.50. The Morgan fingerprint density at radius 2 is 2.00 bits per heavy atom. The molecule has 94 valence electrons. The number of nitrogens with zero attached hydrogens (tertiary/aromatic N) is 2. The minimum atomic E-state index is -0.101. The zero-order valence-electron chi connectivity index (χ0n) is 10.4. The Balaban J connectivity index is 1.95. The van der Waals surface area contributed by atoms with Crippen LogP contribution in [0.1, 0.15) is 17.5 Å². The Morgan fingerprint density at radius 1 is 1.11 bits per heavy atom. The van der Waals surface area contributed by atoms with Crippen molar-refractivity contribution in [3.63, 3.8) is 0 Å². The van der Waals surface area contributed by atoms with E-state index in [0.29, 0.717) is 0 Å². The highest BCUT2D eigenvalue weighted by molar-refractivity contribution is 5.72. The van der Waals surface area contributed by atoms with E-state index in [1.54, 1.807) is 12.4 Å². The van der Waals surface area contributed by atoms with Gasteiger partial charge in [0.1, 0.15) is 17.5 Å². The van der Waals surface area contributed by atoms with Crippen molar-refractivity contribution in [2.75, 3.05) is 0 Å². The van der Waals surface area contributed by atoms with E-state index in [1.165, 1.54) is 30.0 Å². The van der Waals surface area contributed by atoms with Crippen LogP contribution in [0.25, 0.3) is 16.9 Å². The Labute approximate surface area is 109 Å². The van der Waals surface area contributed by atoms with Crippen molar-refractivity contribution in [1.29, 1.82) is 0 Å². The van der Waals surface area contributed by atoms with Crippen LogP contribution in [0, 0.1) is 0 Å². The van der Waals surface area contributed by atoms with Crippen LogP contribution in [0.15, 0.2) is 41.5 Å². The van der Waals surface area contributed by atoms with E-state index in [1.807, 2.05) is 4.57 Å². The number of nitrogens with one attached hydrogen (secondary N) is 1. The van der Waals surface area contributed by atoms with Crippen LogP contribution < -0.4 is 5.56 Å². The van der Waals surface area contributed by atoms with Gasteiger partial charge in [-0.05, 0) is 48.6 Å². The van der Waals surface area contributed by atoms with Crippen molar-refractivity contribution in [1.82, 2.24) is 14.5 Å². The molecule has 1 aliphatic carbocycles. The first kappa shape index (κ1) is 10.6. The minimum absolute atomic E-state index is 0.101. The van der Waals surface area contributed by atoms with Gasteiger partial charge in [-0.1, -0.05) is 6.07 Å². The highest BCUT2D eigenvalue weighted by Crippen LogP contribution is 2.25. The van der Waals surface area contributed by atoms with Crippen LogP contribution in [0.4, 0.5) is 0 Å². The maximum Gasteiger partial charge on any atom is 0.249 e. The number of aromatic nitrogens is 3. The molecule has 2 heterocycles. The van der Waals surface area contributed by atoms with E-state index < -0.39 is 0 Å². The van der Waals surface area contributed by atoms with E-state index in [2.05, 4.69) is 28.2 Å². The Hall–Kier alpha value is -2.36. The summed E-state index contributed by atoms with van der Waals surface area (Å²) in [6.07, 6.45) is 5.32. The fourth-order valence-corrected chi connectivity index (χ4v) is 2.83. The molecular weight excluding hydrogens is 238 g/mol. The van der Waals surface area contributed by atoms with E-state index in [4.69, 9.17) is 0 Å². The fourth-order valence-electron chi connectivity index (χ4n) is 2.83. The molecule has 0 unspecified atom stereocenters. The average molecular weight is 251 g/mol. The minimum Gasteiger partial charge on any atom is -0.306 e. The van der Waals surface area contributed by atoms with Crippen LogP contribution in [-0.2, 0) is 12.8 Å². The van der Waals surface area contributed by atoms with Gasteiger partial charge in [0.05, 0.1) is 0 Å². The summed E-state index contributed by atoms with van der Waals surface area (Å²) in [6, 6.07) is 9.73. The van der Waals surface area contributed by atoms with Crippen LogP contribution in [0.5, 0.6) is 0 Å². The largest absolute Gasteiger partial charge is 0.306 e. The molecule has 0 atom stereocenters. The van der Waals surface area contributed by atoms with E-state index in [9.17, 15) is 4.79 Å². The van der Waals surface area contributed by atoms with E-state index >= 15 is 0 Å². The lowest BCUT2D eigenvalue weighted by Gasteiger charge is -2.06. The van der Waals surface area contributed by atoms with Crippen LogP contribution in [-0.4, -0.2) is 14.5 Å². The third-order valence-corrected chi connectivity index (χ3v) is 3.79. The molecule has 0 amide bonds. The molecule has 4 nitrogen and oxygen atoms in total. The summed E-state index contributed by atoms with van der Waals surface area (Å²) in [6.45, 7) is 0. The number of hydrogen-bond donors (Lipinski definition) is 1. The van der Waals surface area contributed by atoms with Gasteiger partial charge in [0, 0.05) is 11.8 Å². The molecule has 3 aromatic rings. The molecule has 0 aliphatic heterocycles. The second kappa shape index (κ2) is 3.82. The van der Waals surface area contributed by atoms with Crippen molar-refractivity contribution in [2.45, 2.75) is 19.3 Å². The van der Waals surface area contributed by atoms with Crippen molar-refractivity contribution in [2.24, 2.45) is 0 Å². The lowest BCUT2D eigenvalue weighted by atomic mass is 10.1. The monoisotopic (exact) mass is 251 g/mol. The second-order valence-corrected chi connectivity index (χ2v) is 4.98. The Bertz CT molecular complexity index is 829. The van der Waals surface area contributed by atoms with Gasteiger partial charge in [0.2, 0.25) is 5.56 Å². The number of aryl methyl sites for hydroxylation is 2. The Morgan fingerprint density at radius 3 is 2.95 bits per heavy atom. The molecule has 0 radical (unpaired) electrons. The second-order valence-electron chi connectivity index (χ2n) is 4.98. The average Bonchev–Trinajstić information content (AvgIpc) is 3.03. The topological polar surface area (TPSA) is 50.7 Å². The zero-order chi connectivity index (χ0) is 12.8. The van der Waals surface area contributed by atoms with Crippen molar-refractivity contribution in [3.8, 4) is 5.69 Å². The van der Waals surface area contributed by atoms with Gasteiger partial charge in [-0.2, -0.15) is 0 Å². The Kier molecular flexibility index (Phi) is 2.12. The predicted octanol–water partition coefficient (Wildman–Crippen LogP) is 2.20. The smallest absolute Gasteiger partial charge is 0.249 e. The summed E-state index contributed by atoms with van der Waals surface area (Å²) in [5.74, 6) is 0. The van der Waals surface area contributed by atoms with Gasteiger partial charge in [-0.25, -0.2) is 4.98 Å². The summed E-state index contributed by atoms with van der Waals surface area (Å²) in [5.41, 5.74) is 5.38. The van der Waals surface area contributed by atoms with Crippen molar-refractivity contribution >= 4 is 11.2 Å². The van der Waals surface area contributed by atoms with Crippen LogP contribution >= 0.6 is 0 Å². The SMILES string of the molecule is O=c1ccc2ncn(-c3ccc4c(c3)CCC4)c2[nH]1. The maximum atomic E-state index is 11.5. The van der Waals surface area contributed by atoms with Crippen molar-refractivity contribution < 1.29 is 0 Å². The molecule has 0 spiro atoms. The van der Waals surface area contributed by atoms with Crippen LogP contribution in [0.3, 0.4) is 0 Å². The third kappa shape index (κ3) is 1.60. The third-order valence-electron chi connectivity index (χ3n) is 3.79. The van der Waals surface area contributed by atoms with Gasteiger partial charge in [0.15, 0.2) is 0 Å². The molecule has 0 bridgehead atoms. The molecule has 1 aromatic carbocycles. The predicted molar refractivity (Wildman–Crippen MR) is 73.7 cm³/mol. The van der Waals surface area contributed by atoms with Gasteiger partial charge < -0.3 is 4.98 Å². The summed E-state index contributed by atoms with van der Waals surface area (Å²) >= 11 is 0. The normalized spacial score (nSPS) is 13.9. The standard InChI is InChI=1S/C15H13N3O/c19-14-7-6-13-15(17-14)18(9-16-13)12-5-4-10-2-1-3-11(10)8-12/h4-9H,1-3H2,(H,17,19). The zero-order valence-corrected chi connectivity index (χ0v) is 10.4. The number of hydrogen-bond acceptors (Lipinski definition) is 2. The molecule has 0 saturated carbocycles. The molecule has 1 N–H and O–H groups in total. The molecule has 19 heavy (non-hydrogen) atoms. The van der Waals surface area contributed by atoms with Gasteiger partial charge in [-0.3, -0.25) is 9.36 Å². The molecule has 4 rings (SSSR count). The first-order chi connectivity index (χ1) is 9.31. The van der Waals surface area contributed by atoms with Gasteiger partial charge >= 0.3 is 0 Å². The number of benzene rings is 1. The number of fused-ring (bicyclic) bond motifs is 2. The maximum absolute atomic E-state index is 11.5. The quantitative estimate of drug-likeness (QED) is 0.720. The number of aromatic amines is 1. The summed E-state index contributed by atoms with van der Waals surface area (Å²) in [7, 11) is 0. The van der Waals surface area contributed by atoms with Crippen molar-refractivity contribution in [3.05, 3.63) is 58.1 Å². The molecule has 0 saturated heterocycles. The number of rotatable bonds is 1. The van der Waals surface area contributed by atoms with E-state index in [0.717, 1.165) is 23.3 Å². The highest BCUT2D eigenvalue weighted by Gasteiger charge is 2.12. The summed E-state index contributed by atoms with van der Waals surface area (Å²) < 4.78 is 1.94. The molecule has 2 aromatic heterocycles. The molecule has 4 heteroatoms. The molecule has 0 fully saturated rings. The highest BCUT2D eigenvalue weighted by atomic mass is 16.1. The summed E-state index contributed by atoms with van der Waals surface area (Å²) in [5, 5.41) is 0. The number of imidazole rings is 1. The number of pyridine rings is 1. The van der Waals surface area contributed by atoms with Crippen LogP contribution in [0.2, 0.25) is 0 Å². The van der Waals surface area contributed by atoms with Gasteiger partial charge in [0.25, 0.3) is 0 Å². The summed E-state index contributed by atoms with van der Waals surface area (Å²) in [4.78, 5) is 18.6. The molecule has 1 aliphatic rings. The van der Waals surface area contributed by atoms with E-state index in [-0.39, 0.29) is 5.56 Å². The van der Waals surface area contributed by atoms with Gasteiger partial charge in [-0.15, -0.1) is 0 Å². The first-order valence-electron chi connectivity index (χ1n) is 6.50. The lowest BCUT2D eigenvalue weighted by Crippen LogP contribution is -2.05. The lowest BCUT2D eigenvalue weighted by molar-refractivity contribution is 0.911.